The summed E-state index contributed by atoms with van der Waals surface area (Å²) in [5.74, 6) is -0.735. The smallest absolute Gasteiger partial charge is 0.226 e. The number of rotatable bonds is 5. The molecule has 0 fully saturated rings. The summed E-state index contributed by atoms with van der Waals surface area (Å²) in [5.41, 5.74) is 0.902. The minimum absolute atomic E-state index is 0.174. The van der Waals surface area contributed by atoms with Gasteiger partial charge in [-0.05, 0) is 30.3 Å². The molecule has 0 heterocycles. The normalized spacial score (nSPS) is 10.2. The molecule has 0 saturated carbocycles. The van der Waals surface area contributed by atoms with Gasteiger partial charge in [0.15, 0.2) is 0 Å². The van der Waals surface area contributed by atoms with E-state index in [9.17, 15) is 9.18 Å². The third-order valence-electron chi connectivity index (χ3n) is 2.69. The van der Waals surface area contributed by atoms with Crippen molar-refractivity contribution < 1.29 is 9.18 Å². The molecule has 2 aromatic carbocycles. The number of hydrogen-bond donors (Lipinski definition) is 2. The largest absolute Gasteiger partial charge is 0.384 e. The Morgan fingerprint density at radius 2 is 1.76 bits per heavy atom. The molecule has 0 aliphatic heterocycles. The molecule has 0 unspecified atom stereocenters. The molecule has 0 bridgehead atoms. The highest BCUT2D eigenvalue weighted by atomic mass is 35.5. The molecule has 21 heavy (non-hydrogen) atoms. The fourth-order valence-electron chi connectivity index (χ4n) is 1.75. The minimum atomic E-state index is -0.458. The second-order valence-electron chi connectivity index (χ2n) is 4.36. The number of benzene rings is 2. The first kappa shape index (κ1) is 15.6. The number of hydrogen-bond acceptors (Lipinski definition) is 2. The molecule has 0 radical (unpaired) electrons. The molecule has 0 saturated heterocycles. The van der Waals surface area contributed by atoms with E-state index >= 15 is 0 Å². The van der Waals surface area contributed by atoms with Gasteiger partial charge in [-0.1, -0.05) is 35.3 Å². The Balaban J connectivity index is 1.83. The lowest BCUT2D eigenvalue weighted by atomic mass is 10.3. The predicted molar refractivity (Wildman–Crippen MR) is 84.6 cm³/mol. The van der Waals surface area contributed by atoms with Gasteiger partial charge < -0.3 is 10.6 Å². The first-order valence-corrected chi connectivity index (χ1v) is 7.04. The third kappa shape index (κ3) is 4.92. The van der Waals surface area contributed by atoms with Gasteiger partial charge in [-0.2, -0.15) is 0 Å². The Labute approximate surface area is 132 Å². The zero-order valence-electron chi connectivity index (χ0n) is 11.0. The van der Waals surface area contributed by atoms with E-state index in [-0.39, 0.29) is 18.0 Å². The molecule has 6 heteroatoms. The molecular formula is C15H13Cl2FN2O. The number of carbonyl (C=O) groups excluding carboxylic acids is 1. The van der Waals surface area contributed by atoms with Gasteiger partial charge in [0.2, 0.25) is 5.91 Å². The van der Waals surface area contributed by atoms with Crippen LogP contribution in [-0.2, 0) is 4.79 Å². The summed E-state index contributed by atoms with van der Waals surface area (Å²) in [7, 11) is 0. The fraction of sp³-hybridized carbons (Fsp3) is 0.133. The van der Waals surface area contributed by atoms with Crippen LogP contribution in [0.2, 0.25) is 10.0 Å². The zero-order valence-corrected chi connectivity index (χ0v) is 12.5. The van der Waals surface area contributed by atoms with Crippen molar-refractivity contribution in [2.75, 3.05) is 17.2 Å². The number of para-hydroxylation sites is 1. The average molecular weight is 327 g/mol. The van der Waals surface area contributed by atoms with Crippen LogP contribution in [0.15, 0.2) is 42.5 Å². The summed E-state index contributed by atoms with van der Waals surface area (Å²) in [6.45, 7) is 0.386. The van der Waals surface area contributed by atoms with Crippen molar-refractivity contribution in [3.05, 3.63) is 58.3 Å². The lowest BCUT2D eigenvalue weighted by Gasteiger charge is -2.09. The molecule has 1 amide bonds. The molecule has 0 aromatic heterocycles. The fourth-order valence-corrected chi connectivity index (χ4v) is 2.28. The minimum Gasteiger partial charge on any atom is -0.384 e. The molecule has 2 N–H and O–H groups in total. The van der Waals surface area contributed by atoms with E-state index in [0.717, 1.165) is 5.69 Å². The van der Waals surface area contributed by atoms with E-state index in [1.54, 1.807) is 30.3 Å². The summed E-state index contributed by atoms with van der Waals surface area (Å²) in [5, 5.41) is 6.58. The van der Waals surface area contributed by atoms with Crippen molar-refractivity contribution in [3.63, 3.8) is 0 Å². The van der Waals surface area contributed by atoms with Crippen molar-refractivity contribution in [1.29, 1.82) is 0 Å². The first-order chi connectivity index (χ1) is 10.0. The van der Waals surface area contributed by atoms with Gasteiger partial charge in [0, 0.05) is 28.7 Å². The van der Waals surface area contributed by atoms with Crippen LogP contribution in [0.25, 0.3) is 0 Å². The predicted octanol–water partition coefficient (Wildman–Crippen LogP) is 4.57. The van der Waals surface area contributed by atoms with Crippen molar-refractivity contribution in [2.45, 2.75) is 6.42 Å². The van der Waals surface area contributed by atoms with Gasteiger partial charge in [-0.3, -0.25) is 4.79 Å². The maximum Gasteiger partial charge on any atom is 0.226 e. The summed E-state index contributed by atoms with van der Waals surface area (Å²) < 4.78 is 13.4. The summed E-state index contributed by atoms with van der Waals surface area (Å²) in [6, 6.07) is 11.1. The van der Waals surface area contributed by atoms with Crippen LogP contribution in [0.4, 0.5) is 15.8 Å². The molecule has 3 nitrogen and oxygen atoms in total. The molecule has 0 aliphatic carbocycles. The number of amides is 1. The van der Waals surface area contributed by atoms with Crippen molar-refractivity contribution in [3.8, 4) is 0 Å². The van der Waals surface area contributed by atoms with Crippen LogP contribution in [0.3, 0.4) is 0 Å². The quantitative estimate of drug-likeness (QED) is 0.844. The van der Waals surface area contributed by atoms with Crippen LogP contribution < -0.4 is 10.6 Å². The molecule has 0 atom stereocenters. The Morgan fingerprint density at radius 3 is 2.43 bits per heavy atom. The summed E-state index contributed by atoms with van der Waals surface area (Å²) in [4.78, 5) is 11.7. The average Bonchev–Trinajstić information content (AvgIpc) is 2.40. The van der Waals surface area contributed by atoms with Crippen molar-refractivity contribution in [2.24, 2.45) is 0 Å². The van der Waals surface area contributed by atoms with E-state index in [4.69, 9.17) is 23.2 Å². The highest BCUT2D eigenvalue weighted by Crippen LogP contribution is 2.22. The van der Waals surface area contributed by atoms with Gasteiger partial charge in [0.25, 0.3) is 0 Å². The molecule has 110 valence electrons. The van der Waals surface area contributed by atoms with E-state index in [1.165, 1.54) is 12.1 Å². The van der Waals surface area contributed by atoms with E-state index in [0.29, 0.717) is 16.6 Å². The van der Waals surface area contributed by atoms with Gasteiger partial charge in [-0.15, -0.1) is 0 Å². The van der Waals surface area contributed by atoms with Gasteiger partial charge in [0.05, 0.1) is 5.69 Å². The van der Waals surface area contributed by atoms with Crippen LogP contribution in [0.1, 0.15) is 6.42 Å². The topological polar surface area (TPSA) is 41.1 Å². The number of anilines is 2. The molecular weight excluding hydrogens is 314 g/mol. The SMILES string of the molecule is O=C(CCNc1cc(Cl)cc(Cl)c1)Nc1ccccc1F. The Kier molecular flexibility index (Phi) is 5.42. The zero-order chi connectivity index (χ0) is 15.2. The van der Waals surface area contributed by atoms with E-state index in [1.807, 2.05) is 0 Å². The van der Waals surface area contributed by atoms with E-state index in [2.05, 4.69) is 10.6 Å². The Bertz CT molecular complexity index is 629. The van der Waals surface area contributed by atoms with Crippen LogP contribution in [0.5, 0.6) is 0 Å². The number of carbonyl (C=O) groups is 1. The van der Waals surface area contributed by atoms with Gasteiger partial charge >= 0.3 is 0 Å². The molecule has 0 aliphatic rings. The second-order valence-corrected chi connectivity index (χ2v) is 5.24. The molecule has 2 aromatic rings. The third-order valence-corrected chi connectivity index (χ3v) is 3.13. The number of nitrogens with one attached hydrogen (secondary N) is 2. The maximum atomic E-state index is 13.4. The lowest BCUT2D eigenvalue weighted by molar-refractivity contribution is -0.116. The lowest BCUT2D eigenvalue weighted by Crippen LogP contribution is -2.16. The highest BCUT2D eigenvalue weighted by Gasteiger charge is 2.06. The summed E-state index contributed by atoms with van der Waals surface area (Å²) in [6.07, 6.45) is 0.193. The van der Waals surface area contributed by atoms with Crippen LogP contribution in [0, 0.1) is 5.82 Å². The Hall–Kier alpha value is -1.78. The van der Waals surface area contributed by atoms with Gasteiger partial charge in [-0.25, -0.2) is 4.39 Å². The van der Waals surface area contributed by atoms with E-state index < -0.39 is 5.82 Å². The maximum absolute atomic E-state index is 13.4. The van der Waals surface area contributed by atoms with Crippen LogP contribution in [-0.4, -0.2) is 12.5 Å². The van der Waals surface area contributed by atoms with Crippen molar-refractivity contribution in [1.82, 2.24) is 0 Å². The second kappa shape index (κ2) is 7.29. The number of halogens is 3. The van der Waals surface area contributed by atoms with Gasteiger partial charge in [0.1, 0.15) is 5.82 Å². The highest BCUT2D eigenvalue weighted by molar-refractivity contribution is 6.35. The first-order valence-electron chi connectivity index (χ1n) is 6.29. The Morgan fingerprint density at radius 1 is 1.10 bits per heavy atom. The van der Waals surface area contributed by atoms with Crippen molar-refractivity contribution >= 4 is 40.5 Å². The molecule has 2 rings (SSSR count). The van der Waals surface area contributed by atoms with Crippen LogP contribution >= 0.6 is 23.2 Å². The summed E-state index contributed by atoms with van der Waals surface area (Å²) >= 11 is 11.7. The molecule has 0 spiro atoms. The monoisotopic (exact) mass is 326 g/mol. The standard InChI is InChI=1S/C15H13Cl2FN2O/c16-10-7-11(17)9-12(8-10)19-6-5-15(21)20-14-4-2-1-3-13(14)18/h1-4,7-9,19H,5-6H2,(H,20,21).